The maximum Gasteiger partial charge on any atom is 0.267 e. The molecule has 128 valence electrons. The molecule has 0 spiro atoms. The minimum atomic E-state index is 0.0105. The summed E-state index contributed by atoms with van der Waals surface area (Å²) >= 11 is 0. The first-order chi connectivity index (χ1) is 11.7. The van der Waals surface area contributed by atoms with E-state index in [4.69, 9.17) is 0 Å². The third kappa shape index (κ3) is 4.48. The lowest BCUT2D eigenvalue weighted by Gasteiger charge is -2.24. The van der Waals surface area contributed by atoms with Gasteiger partial charge in [0.1, 0.15) is 5.69 Å². The number of hydrogen-bond donors (Lipinski definition) is 2. The first kappa shape index (κ1) is 16.8. The van der Waals surface area contributed by atoms with E-state index in [0.29, 0.717) is 11.6 Å². The van der Waals surface area contributed by atoms with Crippen molar-refractivity contribution in [1.82, 2.24) is 15.2 Å². The van der Waals surface area contributed by atoms with Gasteiger partial charge < -0.3 is 10.3 Å². The number of H-pyrrole nitrogens is 1. The monoisotopic (exact) mass is 325 g/mol. The molecular weight excluding hydrogens is 298 g/mol. The number of nitrogens with one attached hydrogen (secondary N) is 2. The molecule has 1 atom stereocenters. The highest BCUT2D eigenvalue weighted by Crippen LogP contribution is 2.18. The van der Waals surface area contributed by atoms with Crippen molar-refractivity contribution in [3.05, 3.63) is 59.4 Å². The quantitative estimate of drug-likeness (QED) is 0.885. The van der Waals surface area contributed by atoms with Crippen LogP contribution in [-0.4, -0.2) is 35.4 Å². The molecule has 0 bridgehead atoms. The Bertz CT molecular complexity index is 650. The van der Waals surface area contributed by atoms with Crippen molar-refractivity contribution < 1.29 is 4.79 Å². The first-order valence-electron chi connectivity index (χ1n) is 8.91. The zero-order chi connectivity index (χ0) is 16.8. The van der Waals surface area contributed by atoms with E-state index in [1.807, 2.05) is 19.2 Å². The number of nitrogens with zero attached hydrogens (tertiary/aromatic N) is 1. The molecule has 2 heterocycles. The Balaban J connectivity index is 1.53. The van der Waals surface area contributed by atoms with Crippen LogP contribution in [0, 0.1) is 12.8 Å². The Morgan fingerprint density at radius 2 is 2.08 bits per heavy atom. The molecule has 24 heavy (non-hydrogen) atoms. The van der Waals surface area contributed by atoms with Gasteiger partial charge in [0, 0.05) is 25.8 Å². The summed E-state index contributed by atoms with van der Waals surface area (Å²) in [4.78, 5) is 17.8. The maximum atomic E-state index is 12.3. The molecule has 1 aromatic heterocycles. The minimum absolute atomic E-state index is 0.0105. The van der Waals surface area contributed by atoms with Gasteiger partial charge in [-0.3, -0.25) is 9.69 Å². The van der Waals surface area contributed by atoms with Gasteiger partial charge in [0.05, 0.1) is 0 Å². The van der Waals surface area contributed by atoms with Crippen LogP contribution in [0.2, 0.25) is 0 Å². The second kappa shape index (κ2) is 8.15. The molecule has 1 unspecified atom stereocenters. The number of carbonyl (C=O) groups excluding carboxylic acids is 1. The van der Waals surface area contributed by atoms with Crippen LogP contribution in [-0.2, 0) is 6.54 Å². The van der Waals surface area contributed by atoms with Crippen molar-refractivity contribution in [3.63, 3.8) is 0 Å². The van der Waals surface area contributed by atoms with Crippen LogP contribution in [0.5, 0.6) is 0 Å². The van der Waals surface area contributed by atoms with Crippen molar-refractivity contribution in [1.29, 1.82) is 0 Å². The highest BCUT2D eigenvalue weighted by molar-refractivity contribution is 5.93. The Kier molecular flexibility index (Phi) is 5.70. The van der Waals surface area contributed by atoms with Gasteiger partial charge in [0.15, 0.2) is 0 Å². The predicted octanol–water partition coefficient (Wildman–Crippen LogP) is 3.36. The number of benzene rings is 1. The summed E-state index contributed by atoms with van der Waals surface area (Å²) in [5.74, 6) is 0.534. The van der Waals surface area contributed by atoms with Gasteiger partial charge in [-0.05, 0) is 49.4 Å². The molecule has 1 amide bonds. The van der Waals surface area contributed by atoms with Gasteiger partial charge in [0.2, 0.25) is 0 Å². The van der Waals surface area contributed by atoms with Crippen molar-refractivity contribution >= 4 is 5.91 Å². The summed E-state index contributed by atoms with van der Waals surface area (Å²) in [5, 5.41) is 3.11. The van der Waals surface area contributed by atoms with Crippen LogP contribution >= 0.6 is 0 Å². The molecule has 0 saturated carbocycles. The summed E-state index contributed by atoms with van der Waals surface area (Å²) < 4.78 is 0. The van der Waals surface area contributed by atoms with Gasteiger partial charge in [-0.15, -0.1) is 0 Å². The molecule has 1 fully saturated rings. The van der Waals surface area contributed by atoms with Crippen LogP contribution in [0.1, 0.15) is 40.9 Å². The van der Waals surface area contributed by atoms with Crippen LogP contribution in [0.25, 0.3) is 0 Å². The number of aryl methyl sites for hydroxylation is 1. The van der Waals surface area contributed by atoms with Crippen molar-refractivity contribution in [3.8, 4) is 0 Å². The number of hydrogen-bond acceptors (Lipinski definition) is 2. The van der Waals surface area contributed by atoms with Gasteiger partial charge in [0.25, 0.3) is 5.91 Å². The van der Waals surface area contributed by atoms with E-state index in [9.17, 15) is 4.79 Å². The fraction of sp³-hybridized carbons (Fsp3) is 0.450. The molecule has 2 aromatic rings. The molecular formula is C20H27N3O. The fourth-order valence-electron chi connectivity index (χ4n) is 3.49. The zero-order valence-electron chi connectivity index (χ0n) is 14.4. The van der Waals surface area contributed by atoms with Crippen LogP contribution in [0.15, 0.2) is 42.6 Å². The Morgan fingerprint density at radius 1 is 1.25 bits per heavy atom. The maximum absolute atomic E-state index is 12.3. The average Bonchev–Trinajstić information content (AvgIpc) is 2.89. The minimum Gasteiger partial charge on any atom is -0.357 e. The predicted molar refractivity (Wildman–Crippen MR) is 96.9 cm³/mol. The van der Waals surface area contributed by atoms with Crippen LogP contribution in [0.4, 0.5) is 0 Å². The van der Waals surface area contributed by atoms with E-state index in [2.05, 4.69) is 45.5 Å². The molecule has 4 heteroatoms. The summed E-state index contributed by atoms with van der Waals surface area (Å²) in [5.41, 5.74) is 3.05. The van der Waals surface area contributed by atoms with E-state index in [1.165, 1.54) is 24.8 Å². The van der Waals surface area contributed by atoms with Crippen molar-refractivity contribution in [2.24, 2.45) is 5.92 Å². The molecule has 1 saturated heterocycles. The highest BCUT2D eigenvalue weighted by Gasteiger charge is 2.19. The number of amides is 1. The van der Waals surface area contributed by atoms with E-state index in [0.717, 1.165) is 31.7 Å². The zero-order valence-corrected chi connectivity index (χ0v) is 14.4. The van der Waals surface area contributed by atoms with Gasteiger partial charge >= 0.3 is 0 Å². The van der Waals surface area contributed by atoms with Crippen molar-refractivity contribution in [2.75, 3.05) is 19.6 Å². The van der Waals surface area contributed by atoms with Gasteiger partial charge in [-0.2, -0.15) is 0 Å². The van der Waals surface area contributed by atoms with Gasteiger partial charge in [-0.1, -0.05) is 36.8 Å². The summed E-state index contributed by atoms with van der Waals surface area (Å²) in [7, 11) is 0. The molecule has 0 aliphatic carbocycles. The molecule has 3 rings (SSSR count). The highest BCUT2D eigenvalue weighted by atomic mass is 16.1. The van der Waals surface area contributed by atoms with E-state index < -0.39 is 0 Å². The number of likely N-dealkylation sites (tertiary alicyclic amines) is 1. The normalized spacial score (nSPS) is 19.0. The number of rotatable bonds is 5. The first-order valence-corrected chi connectivity index (χ1v) is 8.91. The number of aromatic nitrogens is 1. The third-order valence-corrected chi connectivity index (χ3v) is 4.84. The van der Waals surface area contributed by atoms with Crippen molar-refractivity contribution in [2.45, 2.75) is 32.7 Å². The molecule has 2 N–H and O–H groups in total. The third-order valence-electron chi connectivity index (χ3n) is 4.84. The Labute approximate surface area is 144 Å². The lowest BCUT2D eigenvalue weighted by molar-refractivity contribution is 0.0937. The largest absolute Gasteiger partial charge is 0.357 e. The summed E-state index contributed by atoms with van der Waals surface area (Å²) in [6, 6.07) is 12.6. The molecule has 1 aromatic carbocycles. The summed E-state index contributed by atoms with van der Waals surface area (Å²) in [6.45, 7) is 5.91. The fourth-order valence-corrected chi connectivity index (χ4v) is 3.49. The molecule has 1 aliphatic rings. The lowest BCUT2D eigenvalue weighted by Crippen LogP contribution is -2.35. The van der Waals surface area contributed by atoms with Crippen LogP contribution in [0.3, 0.4) is 0 Å². The number of carbonyl (C=O) groups is 1. The van der Waals surface area contributed by atoms with E-state index >= 15 is 0 Å². The SMILES string of the molecule is Cc1cc[nH]c1C(=O)NCC1CCCCN(Cc2ccccc2)C1. The van der Waals surface area contributed by atoms with E-state index in [1.54, 1.807) is 0 Å². The number of aromatic amines is 1. The van der Waals surface area contributed by atoms with E-state index in [-0.39, 0.29) is 5.91 Å². The standard InChI is InChI=1S/C20H27N3O/c1-16-10-11-21-19(16)20(24)22-13-18-9-5-6-12-23(15-18)14-17-7-3-2-4-8-17/h2-4,7-8,10-11,18,21H,5-6,9,12-15H2,1H3,(H,22,24). The molecule has 0 radical (unpaired) electrons. The summed E-state index contributed by atoms with van der Waals surface area (Å²) in [6.07, 6.45) is 5.49. The van der Waals surface area contributed by atoms with Gasteiger partial charge in [-0.25, -0.2) is 0 Å². The lowest BCUT2D eigenvalue weighted by atomic mass is 10.0. The topological polar surface area (TPSA) is 48.1 Å². The second-order valence-corrected chi connectivity index (χ2v) is 6.83. The molecule has 4 nitrogen and oxygen atoms in total. The average molecular weight is 325 g/mol. The second-order valence-electron chi connectivity index (χ2n) is 6.83. The van der Waals surface area contributed by atoms with Crippen LogP contribution < -0.4 is 5.32 Å². The smallest absolute Gasteiger partial charge is 0.267 e. The molecule has 1 aliphatic heterocycles. The Morgan fingerprint density at radius 3 is 2.83 bits per heavy atom. The Hall–Kier alpha value is -2.07.